The summed E-state index contributed by atoms with van der Waals surface area (Å²) in [4.78, 5) is 50.2. The van der Waals surface area contributed by atoms with Crippen molar-refractivity contribution in [3.63, 3.8) is 0 Å². The van der Waals surface area contributed by atoms with Crippen LogP contribution in [0, 0.1) is 5.41 Å². The topological polar surface area (TPSA) is 159 Å². The van der Waals surface area contributed by atoms with Crippen LogP contribution in [-0.4, -0.2) is 86.5 Å². The fourth-order valence-corrected chi connectivity index (χ4v) is 5.62. The molecule has 14 heteroatoms. The van der Waals surface area contributed by atoms with Crippen molar-refractivity contribution in [1.29, 1.82) is 0 Å². The number of nitrogens with one attached hydrogen (secondary N) is 2. The highest BCUT2D eigenvalue weighted by molar-refractivity contribution is 7.51. The van der Waals surface area contributed by atoms with E-state index < -0.39 is 60.9 Å². The zero-order valence-electron chi connectivity index (χ0n) is 21.2. The van der Waals surface area contributed by atoms with E-state index in [1.54, 1.807) is 34.6 Å². The van der Waals surface area contributed by atoms with E-state index in [0.717, 1.165) is 0 Å². The lowest BCUT2D eigenvalue weighted by atomic mass is 9.87. The van der Waals surface area contributed by atoms with Crippen molar-refractivity contribution < 1.29 is 47.0 Å². The van der Waals surface area contributed by atoms with E-state index in [-0.39, 0.29) is 32.5 Å². The van der Waals surface area contributed by atoms with Crippen molar-refractivity contribution in [2.24, 2.45) is 5.41 Å². The summed E-state index contributed by atoms with van der Waals surface area (Å²) in [7, 11) is -1.56. The van der Waals surface area contributed by atoms with Crippen LogP contribution >= 0.6 is 7.75 Å². The Labute approximate surface area is 205 Å². The van der Waals surface area contributed by atoms with Crippen LogP contribution in [0.3, 0.4) is 0 Å². The number of rotatable bonds is 7. The number of hydrogen-bond acceptors (Lipinski definition) is 10. The van der Waals surface area contributed by atoms with E-state index in [4.69, 9.17) is 18.5 Å². The smallest absolute Gasteiger partial charge is 0.411 e. The van der Waals surface area contributed by atoms with E-state index in [2.05, 4.69) is 15.1 Å². The molecule has 35 heavy (non-hydrogen) atoms. The number of methoxy groups -OCH3 is 2. The van der Waals surface area contributed by atoms with Crippen molar-refractivity contribution in [1.82, 2.24) is 15.3 Å². The zero-order chi connectivity index (χ0) is 26.6. The molecule has 0 aromatic rings. The van der Waals surface area contributed by atoms with Crippen LogP contribution in [-0.2, 0) is 42.2 Å². The van der Waals surface area contributed by atoms with Gasteiger partial charge in [0.1, 0.15) is 11.6 Å². The standard InChI is InChI=1S/C21H36N3O10P/c1-20(2,3)33-19(28)24-11-13(10-14(24)18(27)31-7)23-35(29)32-12-21(4,5)16(34-35)17(26)22-9-8-15(25)30-6/h13-14,16H,8-12H2,1-7H3,(H,22,26)(H,23,29)/t13-,14-,16+,35?/m1/s1. The molecule has 1 unspecified atom stereocenters. The monoisotopic (exact) mass is 521 g/mol. The number of carbonyl (C=O) groups excluding carboxylic acids is 4. The first-order valence-electron chi connectivity index (χ1n) is 11.2. The molecule has 0 saturated carbocycles. The van der Waals surface area contributed by atoms with Crippen LogP contribution in [0.2, 0.25) is 0 Å². The number of hydrogen-bond donors (Lipinski definition) is 2. The summed E-state index contributed by atoms with van der Waals surface area (Å²) < 4.78 is 39.3. The third-order valence-corrected chi connectivity index (χ3v) is 7.04. The van der Waals surface area contributed by atoms with Crippen LogP contribution in [0.1, 0.15) is 47.5 Å². The Bertz CT molecular complexity index is 872. The van der Waals surface area contributed by atoms with Crippen molar-refractivity contribution in [3.05, 3.63) is 0 Å². The highest BCUT2D eigenvalue weighted by atomic mass is 31.2. The van der Waals surface area contributed by atoms with Crippen LogP contribution < -0.4 is 10.4 Å². The Balaban J connectivity index is 2.10. The van der Waals surface area contributed by atoms with E-state index in [0.29, 0.717) is 0 Å². The minimum atomic E-state index is -4.01. The number of nitrogens with zero attached hydrogens (tertiary/aromatic N) is 1. The van der Waals surface area contributed by atoms with E-state index in [1.165, 1.54) is 19.1 Å². The summed E-state index contributed by atoms with van der Waals surface area (Å²) in [5.74, 6) is -1.69. The molecule has 2 rings (SSSR count). The Kier molecular flexibility index (Phi) is 9.32. The second-order valence-electron chi connectivity index (χ2n) is 10.1. The molecule has 0 radical (unpaired) electrons. The largest absolute Gasteiger partial charge is 0.469 e. The van der Waals surface area contributed by atoms with Gasteiger partial charge in [-0.15, -0.1) is 0 Å². The molecule has 2 saturated heterocycles. The normalized spacial score (nSPS) is 28.2. The van der Waals surface area contributed by atoms with Gasteiger partial charge in [-0.3, -0.25) is 23.5 Å². The molecule has 0 aliphatic carbocycles. The molecule has 2 aliphatic rings. The van der Waals surface area contributed by atoms with Gasteiger partial charge in [-0.2, -0.15) is 0 Å². The van der Waals surface area contributed by atoms with Gasteiger partial charge in [0.15, 0.2) is 6.10 Å². The number of esters is 2. The number of amides is 2. The summed E-state index contributed by atoms with van der Waals surface area (Å²) in [5, 5.41) is 5.33. The van der Waals surface area contributed by atoms with Crippen LogP contribution in [0.15, 0.2) is 0 Å². The highest BCUT2D eigenvalue weighted by Crippen LogP contribution is 2.54. The molecule has 0 aromatic carbocycles. The molecule has 200 valence electrons. The maximum absolute atomic E-state index is 13.4. The Morgan fingerprint density at radius 2 is 1.80 bits per heavy atom. The lowest BCUT2D eigenvalue weighted by Gasteiger charge is -2.40. The summed E-state index contributed by atoms with van der Waals surface area (Å²) in [6.07, 6.45) is -1.82. The molecule has 4 atom stereocenters. The maximum Gasteiger partial charge on any atom is 0.411 e. The molecule has 2 fully saturated rings. The Morgan fingerprint density at radius 3 is 2.37 bits per heavy atom. The van der Waals surface area contributed by atoms with Crippen molar-refractivity contribution >= 4 is 31.7 Å². The first-order valence-corrected chi connectivity index (χ1v) is 12.8. The first-order chi connectivity index (χ1) is 16.1. The molecular formula is C21H36N3O10P. The van der Waals surface area contributed by atoms with Gasteiger partial charge < -0.3 is 19.5 Å². The SMILES string of the molecule is COC(=O)CCNC(=O)[C@@H]1OP(=O)(N[C@@H]2C[C@H](C(=O)OC)N(C(=O)OC(C)(C)C)C2)OCC1(C)C. The van der Waals surface area contributed by atoms with Crippen molar-refractivity contribution in [2.45, 2.75) is 71.2 Å². The van der Waals surface area contributed by atoms with Gasteiger partial charge in [0.05, 0.1) is 27.2 Å². The fraction of sp³-hybridized carbons (Fsp3) is 0.810. The van der Waals surface area contributed by atoms with Crippen LogP contribution in [0.25, 0.3) is 0 Å². The van der Waals surface area contributed by atoms with Gasteiger partial charge in [0, 0.05) is 24.5 Å². The van der Waals surface area contributed by atoms with Gasteiger partial charge in [0.2, 0.25) is 5.91 Å². The first kappa shape index (κ1) is 29.0. The molecule has 0 bridgehead atoms. The minimum absolute atomic E-state index is 0.0221. The lowest BCUT2D eigenvalue weighted by Crippen LogP contribution is -2.51. The minimum Gasteiger partial charge on any atom is -0.469 e. The summed E-state index contributed by atoms with van der Waals surface area (Å²) >= 11 is 0. The molecule has 2 heterocycles. The van der Waals surface area contributed by atoms with Gasteiger partial charge >= 0.3 is 25.8 Å². The lowest BCUT2D eigenvalue weighted by molar-refractivity contribution is -0.145. The molecule has 13 nitrogen and oxygen atoms in total. The second kappa shape index (κ2) is 11.2. The summed E-state index contributed by atoms with van der Waals surface area (Å²) in [6, 6.07) is -1.63. The summed E-state index contributed by atoms with van der Waals surface area (Å²) in [6.45, 7) is 8.47. The van der Waals surface area contributed by atoms with Gasteiger partial charge in [-0.25, -0.2) is 19.2 Å². The molecule has 2 N–H and O–H groups in total. The van der Waals surface area contributed by atoms with Crippen molar-refractivity contribution in [3.8, 4) is 0 Å². The summed E-state index contributed by atoms with van der Waals surface area (Å²) in [5.41, 5.74) is -1.61. The van der Waals surface area contributed by atoms with E-state index in [1.807, 2.05) is 0 Å². The van der Waals surface area contributed by atoms with E-state index in [9.17, 15) is 23.7 Å². The average Bonchev–Trinajstić information content (AvgIpc) is 3.17. The average molecular weight is 522 g/mol. The molecule has 0 spiro atoms. The van der Waals surface area contributed by atoms with Crippen molar-refractivity contribution in [2.75, 3.05) is 33.9 Å². The fourth-order valence-electron chi connectivity index (χ4n) is 3.63. The highest BCUT2D eigenvalue weighted by Gasteiger charge is 2.51. The maximum atomic E-state index is 13.4. The third-order valence-electron chi connectivity index (χ3n) is 5.40. The molecule has 0 aromatic heterocycles. The van der Waals surface area contributed by atoms with Gasteiger partial charge in [-0.05, 0) is 27.2 Å². The Hall–Kier alpha value is -2.21. The number of carbonyl (C=O) groups is 4. The molecule has 2 amide bonds. The third kappa shape index (κ3) is 7.89. The Morgan fingerprint density at radius 1 is 1.14 bits per heavy atom. The molecule has 2 aliphatic heterocycles. The van der Waals surface area contributed by atoms with Gasteiger partial charge in [-0.1, -0.05) is 13.8 Å². The van der Waals surface area contributed by atoms with Gasteiger partial charge in [0.25, 0.3) is 0 Å². The van der Waals surface area contributed by atoms with Crippen LogP contribution in [0.5, 0.6) is 0 Å². The molecular weight excluding hydrogens is 485 g/mol. The van der Waals surface area contributed by atoms with Crippen LogP contribution in [0.4, 0.5) is 4.79 Å². The quantitative estimate of drug-likeness (QED) is 0.283. The number of ether oxygens (including phenoxy) is 3. The number of likely N-dealkylation sites (tertiary alicyclic amines) is 1. The zero-order valence-corrected chi connectivity index (χ0v) is 22.1. The predicted octanol–water partition coefficient (Wildman–Crippen LogP) is 1.36. The van der Waals surface area contributed by atoms with E-state index >= 15 is 0 Å². The predicted molar refractivity (Wildman–Crippen MR) is 122 cm³/mol. The second-order valence-corrected chi connectivity index (χ2v) is 11.8.